The van der Waals surface area contributed by atoms with Gasteiger partial charge in [-0.15, -0.1) is 0 Å². The first-order chi connectivity index (χ1) is 9.70. The van der Waals surface area contributed by atoms with Crippen molar-refractivity contribution < 1.29 is 33.2 Å². The highest BCUT2D eigenvalue weighted by atomic mass is 31.2. The van der Waals surface area contributed by atoms with Crippen LogP contribution in [0.4, 0.5) is 0 Å². The van der Waals surface area contributed by atoms with Crippen LogP contribution in [-0.4, -0.2) is 25.0 Å². The number of ketones is 1. The van der Waals surface area contributed by atoms with Gasteiger partial charge in [-0.05, 0) is 12.3 Å². The zero-order valence-electron chi connectivity index (χ0n) is 12.3. The van der Waals surface area contributed by atoms with Crippen LogP contribution in [0.5, 0.6) is 0 Å². The lowest BCUT2D eigenvalue weighted by atomic mass is 9.89. The third-order valence-electron chi connectivity index (χ3n) is 3.41. The van der Waals surface area contributed by atoms with Crippen LogP contribution in [0.3, 0.4) is 0 Å². The number of hydrogen-bond donors (Lipinski definition) is 0. The van der Waals surface area contributed by atoms with E-state index in [9.17, 15) is 23.9 Å². The van der Waals surface area contributed by atoms with Gasteiger partial charge in [-0.1, -0.05) is 26.7 Å². The highest BCUT2D eigenvalue weighted by Gasteiger charge is 2.41. The normalized spacial score (nSPS) is 22.6. The summed E-state index contributed by atoms with van der Waals surface area (Å²) in [4.78, 5) is 44.5. The van der Waals surface area contributed by atoms with Gasteiger partial charge in [0.1, 0.15) is 11.7 Å². The Balaban J connectivity index is 2.46. The van der Waals surface area contributed by atoms with Crippen molar-refractivity contribution in [3.05, 3.63) is 0 Å². The molecular formula is C13H21O7P-2. The van der Waals surface area contributed by atoms with E-state index in [0.29, 0.717) is 12.3 Å². The topological polar surface area (TPSA) is 116 Å². The number of unbranched alkanes of at least 4 members (excludes halogenated alkanes) is 1. The predicted molar refractivity (Wildman–Crippen MR) is 69.8 cm³/mol. The van der Waals surface area contributed by atoms with Crippen molar-refractivity contribution in [2.24, 2.45) is 17.8 Å². The van der Waals surface area contributed by atoms with Gasteiger partial charge in [0.15, 0.2) is 0 Å². The van der Waals surface area contributed by atoms with E-state index in [1.807, 2.05) is 0 Å². The third kappa shape index (κ3) is 6.70. The summed E-state index contributed by atoms with van der Waals surface area (Å²) in [5.74, 6) is -2.10. The Kier molecular flexibility index (Phi) is 7.00. The van der Waals surface area contributed by atoms with Crippen molar-refractivity contribution in [2.45, 2.75) is 39.5 Å². The molecule has 1 saturated heterocycles. The van der Waals surface area contributed by atoms with Crippen LogP contribution in [0.2, 0.25) is 0 Å². The van der Waals surface area contributed by atoms with Gasteiger partial charge in [0, 0.05) is 12.3 Å². The molecule has 0 N–H and O–H groups in total. The number of hydrogen-bond acceptors (Lipinski definition) is 7. The highest BCUT2D eigenvalue weighted by Crippen LogP contribution is 2.31. The van der Waals surface area contributed by atoms with Crippen molar-refractivity contribution in [1.82, 2.24) is 0 Å². The SMILES string of the molecule is CC(C)CCCCC(=O)[C@@H]1C(=O)OC[C@H]1COP(=O)([O-])[O-]. The molecule has 0 aromatic rings. The number of carbonyl (C=O) groups is 2. The first-order valence-corrected chi connectivity index (χ1v) is 8.52. The van der Waals surface area contributed by atoms with Gasteiger partial charge in [0.25, 0.3) is 0 Å². The van der Waals surface area contributed by atoms with Gasteiger partial charge in [0.05, 0.1) is 21.0 Å². The van der Waals surface area contributed by atoms with E-state index in [1.165, 1.54) is 0 Å². The fraction of sp³-hybridized carbons (Fsp3) is 0.846. The standard InChI is InChI=1S/C13H23O7P/c1-9(2)5-3-4-6-11(14)12-10(7-19-13(12)15)8-20-21(16,17)18/h9-10,12H,3-8H2,1-2H3,(H2,16,17,18)/p-2/t10-,12+/m0/s1. The predicted octanol–water partition coefficient (Wildman–Crippen LogP) is 0.406. The van der Waals surface area contributed by atoms with Gasteiger partial charge in [-0.2, -0.15) is 0 Å². The molecule has 1 aliphatic rings. The van der Waals surface area contributed by atoms with Gasteiger partial charge >= 0.3 is 5.97 Å². The Bertz CT molecular complexity index is 415. The number of rotatable bonds is 9. The van der Waals surface area contributed by atoms with Crippen LogP contribution in [-0.2, 0) is 23.4 Å². The van der Waals surface area contributed by atoms with Gasteiger partial charge < -0.3 is 23.6 Å². The summed E-state index contributed by atoms with van der Waals surface area (Å²) in [6, 6.07) is 0. The lowest BCUT2D eigenvalue weighted by molar-refractivity contribution is -0.342. The van der Waals surface area contributed by atoms with Gasteiger partial charge in [-0.3, -0.25) is 9.59 Å². The van der Waals surface area contributed by atoms with E-state index in [0.717, 1.165) is 12.8 Å². The fourth-order valence-corrected chi connectivity index (χ4v) is 2.67. The summed E-state index contributed by atoms with van der Waals surface area (Å²) < 4.78 is 19.4. The summed E-state index contributed by atoms with van der Waals surface area (Å²) in [5.41, 5.74) is 0. The third-order valence-corrected chi connectivity index (χ3v) is 3.88. The van der Waals surface area contributed by atoms with E-state index in [4.69, 9.17) is 4.74 Å². The minimum atomic E-state index is -5.11. The van der Waals surface area contributed by atoms with Crippen molar-refractivity contribution in [2.75, 3.05) is 13.2 Å². The number of Topliss-reactive ketones (excluding diaryl/α,β-unsaturated/α-hetero) is 1. The largest absolute Gasteiger partial charge is 0.790 e. The van der Waals surface area contributed by atoms with Gasteiger partial charge in [0.2, 0.25) is 0 Å². The highest BCUT2D eigenvalue weighted by molar-refractivity contribution is 7.43. The Hall–Kier alpha value is -0.750. The maximum Gasteiger partial charge on any atom is 0.316 e. The molecule has 7 nitrogen and oxygen atoms in total. The second-order valence-electron chi connectivity index (χ2n) is 5.72. The lowest BCUT2D eigenvalue weighted by Crippen LogP contribution is -2.30. The van der Waals surface area contributed by atoms with E-state index >= 15 is 0 Å². The number of esters is 1. The molecule has 0 aromatic carbocycles. The number of phosphoric ester groups is 1. The number of phosphoric acid groups is 1. The summed E-state index contributed by atoms with van der Waals surface area (Å²) in [6.45, 7) is 3.60. The van der Waals surface area contributed by atoms with E-state index in [-0.39, 0.29) is 18.8 Å². The first-order valence-electron chi connectivity index (χ1n) is 7.06. The Morgan fingerprint density at radius 3 is 2.67 bits per heavy atom. The molecule has 0 aliphatic carbocycles. The van der Waals surface area contributed by atoms with Crippen LogP contribution in [0.1, 0.15) is 39.5 Å². The van der Waals surface area contributed by atoms with Crippen LogP contribution in [0.15, 0.2) is 0 Å². The van der Waals surface area contributed by atoms with Crippen molar-refractivity contribution in [3.8, 4) is 0 Å². The van der Waals surface area contributed by atoms with Gasteiger partial charge in [-0.25, -0.2) is 0 Å². The number of carbonyl (C=O) groups excluding carboxylic acids is 2. The molecule has 2 atom stereocenters. The van der Waals surface area contributed by atoms with Crippen LogP contribution in [0, 0.1) is 17.8 Å². The molecule has 0 saturated carbocycles. The molecule has 1 heterocycles. The maximum absolute atomic E-state index is 12.1. The Labute approximate surface area is 124 Å². The Morgan fingerprint density at radius 2 is 2.10 bits per heavy atom. The summed E-state index contributed by atoms with van der Waals surface area (Å²) >= 11 is 0. The van der Waals surface area contributed by atoms with Crippen molar-refractivity contribution >= 4 is 19.6 Å². The Morgan fingerprint density at radius 1 is 1.43 bits per heavy atom. The van der Waals surface area contributed by atoms with Crippen LogP contribution in [0.25, 0.3) is 0 Å². The smallest absolute Gasteiger partial charge is 0.316 e. The minimum absolute atomic E-state index is 0.0960. The van der Waals surface area contributed by atoms with Crippen molar-refractivity contribution in [3.63, 3.8) is 0 Å². The molecule has 1 aliphatic heterocycles. The molecule has 1 rings (SSSR count). The second-order valence-corrected chi connectivity index (χ2v) is 6.87. The summed E-state index contributed by atoms with van der Waals surface area (Å²) in [6.07, 6.45) is 2.82. The van der Waals surface area contributed by atoms with Crippen LogP contribution >= 0.6 is 7.82 Å². The second kappa shape index (κ2) is 8.03. The summed E-state index contributed by atoms with van der Waals surface area (Å²) in [5, 5.41) is 0. The molecular weight excluding hydrogens is 299 g/mol. The lowest BCUT2D eigenvalue weighted by Gasteiger charge is -2.30. The molecule has 1 fully saturated rings. The zero-order chi connectivity index (χ0) is 16.0. The maximum atomic E-state index is 12.1. The molecule has 0 bridgehead atoms. The average Bonchev–Trinajstić information content (AvgIpc) is 2.72. The quantitative estimate of drug-likeness (QED) is 0.261. The zero-order valence-corrected chi connectivity index (χ0v) is 13.2. The van der Waals surface area contributed by atoms with Crippen molar-refractivity contribution in [1.29, 1.82) is 0 Å². The summed E-state index contributed by atoms with van der Waals surface area (Å²) in [7, 11) is -5.11. The van der Waals surface area contributed by atoms with E-state index < -0.39 is 32.2 Å². The number of ether oxygens (including phenoxy) is 1. The first kappa shape index (κ1) is 18.3. The molecule has 0 unspecified atom stereocenters. The molecule has 0 amide bonds. The number of cyclic esters (lactones) is 1. The minimum Gasteiger partial charge on any atom is -0.790 e. The molecule has 0 aromatic heterocycles. The molecule has 0 spiro atoms. The van der Waals surface area contributed by atoms with Crippen LogP contribution < -0.4 is 9.79 Å². The average molecular weight is 320 g/mol. The monoisotopic (exact) mass is 320 g/mol. The molecule has 21 heavy (non-hydrogen) atoms. The molecule has 8 heteroatoms. The van der Waals surface area contributed by atoms with E-state index in [1.54, 1.807) is 0 Å². The fourth-order valence-electron chi connectivity index (χ4n) is 2.30. The molecule has 122 valence electrons. The van der Waals surface area contributed by atoms with E-state index in [2.05, 4.69) is 18.4 Å². The molecule has 0 radical (unpaired) electrons.